The summed E-state index contributed by atoms with van der Waals surface area (Å²) in [7, 11) is -2.66. The average molecular weight is 529 g/mol. The van der Waals surface area contributed by atoms with Crippen LogP contribution in [-0.2, 0) is 34.3 Å². The molecule has 0 saturated carbocycles. The molecular weight excluding hydrogens is 496 g/mol. The third-order valence-electron chi connectivity index (χ3n) is 6.23. The van der Waals surface area contributed by atoms with Gasteiger partial charge in [0.2, 0.25) is 15.9 Å². The predicted molar refractivity (Wildman–Crippen MR) is 149 cm³/mol. The smallest absolute Gasteiger partial charge is 0.244 e. The minimum absolute atomic E-state index is 0.00327. The molecule has 1 atom stereocenters. The maximum atomic E-state index is 14.2. The lowest BCUT2D eigenvalue weighted by Crippen LogP contribution is -2.49. The summed E-state index contributed by atoms with van der Waals surface area (Å²) >= 11 is 0. The summed E-state index contributed by atoms with van der Waals surface area (Å²) in [5, 5.41) is 0. The molecule has 0 aromatic heterocycles. The Hall–Kier alpha value is -3.94. The number of carbonyl (C=O) groups is 1. The van der Waals surface area contributed by atoms with Crippen LogP contribution in [0.5, 0.6) is 5.75 Å². The second kappa shape index (κ2) is 12.5. The second-order valence-electron chi connectivity index (χ2n) is 9.18. The maximum Gasteiger partial charge on any atom is 0.244 e. The van der Waals surface area contributed by atoms with Crippen LogP contribution in [0.3, 0.4) is 0 Å². The Labute approximate surface area is 225 Å². The molecule has 1 amide bonds. The molecule has 1 N–H and O–H groups in total. The molecule has 4 aromatic rings. The first kappa shape index (κ1) is 27.1. The number of amides is 1. The Kier molecular flexibility index (Phi) is 8.94. The summed E-state index contributed by atoms with van der Waals surface area (Å²) in [6.07, 6.45) is 0.202. The van der Waals surface area contributed by atoms with Gasteiger partial charge in [-0.05, 0) is 47.7 Å². The molecule has 0 fully saturated rings. The lowest BCUT2D eigenvalue weighted by molar-refractivity contribution is -0.134. The maximum absolute atomic E-state index is 14.2. The van der Waals surface area contributed by atoms with E-state index in [1.54, 1.807) is 23.1 Å². The van der Waals surface area contributed by atoms with Gasteiger partial charge in [-0.1, -0.05) is 97.1 Å². The predicted octanol–water partition coefficient (Wildman–Crippen LogP) is 5.12. The fourth-order valence-electron chi connectivity index (χ4n) is 4.31. The minimum atomic E-state index is -4.09. The SMILES string of the molecule is COc1ccc(C)cc1S(=O)(=O)NC(Cc1ccccc1)C(=O)N(Cc1ccccc1)Cc1ccccc1. The number of sulfonamides is 1. The molecule has 0 saturated heterocycles. The Balaban J connectivity index is 1.71. The Morgan fingerprint density at radius 2 is 1.29 bits per heavy atom. The van der Waals surface area contributed by atoms with E-state index in [-0.39, 0.29) is 23.0 Å². The fraction of sp³-hybridized carbons (Fsp3) is 0.194. The number of nitrogens with zero attached hydrogens (tertiary/aromatic N) is 1. The van der Waals surface area contributed by atoms with Crippen LogP contribution < -0.4 is 9.46 Å². The van der Waals surface area contributed by atoms with Crippen LogP contribution in [0.15, 0.2) is 114 Å². The Morgan fingerprint density at radius 3 is 1.79 bits per heavy atom. The third kappa shape index (κ3) is 7.09. The van der Waals surface area contributed by atoms with Crippen LogP contribution in [-0.4, -0.2) is 32.4 Å². The van der Waals surface area contributed by atoms with Crippen molar-refractivity contribution < 1.29 is 17.9 Å². The highest BCUT2D eigenvalue weighted by Crippen LogP contribution is 2.25. The van der Waals surface area contributed by atoms with E-state index in [0.29, 0.717) is 13.1 Å². The number of aryl methyl sites for hydroxylation is 1. The van der Waals surface area contributed by atoms with Gasteiger partial charge >= 0.3 is 0 Å². The molecule has 0 spiro atoms. The van der Waals surface area contributed by atoms with E-state index in [1.165, 1.54) is 7.11 Å². The van der Waals surface area contributed by atoms with Crippen molar-refractivity contribution in [2.75, 3.05) is 7.11 Å². The van der Waals surface area contributed by atoms with Gasteiger partial charge in [0.15, 0.2) is 0 Å². The van der Waals surface area contributed by atoms with Crippen molar-refractivity contribution in [3.8, 4) is 5.75 Å². The van der Waals surface area contributed by atoms with Crippen LogP contribution in [0.4, 0.5) is 0 Å². The zero-order valence-corrected chi connectivity index (χ0v) is 22.4. The average Bonchev–Trinajstić information content (AvgIpc) is 2.93. The molecule has 0 aliphatic heterocycles. The molecule has 6 nitrogen and oxygen atoms in total. The van der Waals surface area contributed by atoms with Gasteiger partial charge in [-0.25, -0.2) is 8.42 Å². The van der Waals surface area contributed by atoms with Crippen molar-refractivity contribution in [2.45, 2.75) is 37.4 Å². The molecule has 0 heterocycles. The highest BCUT2D eigenvalue weighted by molar-refractivity contribution is 7.89. The topological polar surface area (TPSA) is 75.7 Å². The molecule has 0 aliphatic carbocycles. The van der Waals surface area contributed by atoms with Crippen molar-refractivity contribution in [2.24, 2.45) is 0 Å². The molecule has 38 heavy (non-hydrogen) atoms. The van der Waals surface area contributed by atoms with Gasteiger partial charge in [0, 0.05) is 13.1 Å². The van der Waals surface area contributed by atoms with E-state index in [2.05, 4.69) is 4.72 Å². The summed E-state index contributed by atoms with van der Waals surface area (Å²) in [4.78, 5) is 15.9. The van der Waals surface area contributed by atoms with E-state index >= 15 is 0 Å². The standard InChI is InChI=1S/C31H32N2O4S/c1-24-18-19-29(37-2)30(20-24)38(35,36)32-28(21-25-12-6-3-7-13-25)31(34)33(22-26-14-8-4-9-15-26)23-27-16-10-5-11-17-27/h3-20,28,32H,21-23H2,1-2H3. The molecule has 196 valence electrons. The normalized spacial score (nSPS) is 12.1. The van der Waals surface area contributed by atoms with E-state index in [1.807, 2.05) is 97.9 Å². The first-order valence-electron chi connectivity index (χ1n) is 12.4. The van der Waals surface area contributed by atoms with Gasteiger partial charge in [0.05, 0.1) is 7.11 Å². The van der Waals surface area contributed by atoms with Crippen LogP contribution in [0.25, 0.3) is 0 Å². The molecule has 7 heteroatoms. The van der Waals surface area contributed by atoms with Crippen molar-refractivity contribution in [3.05, 3.63) is 131 Å². The summed E-state index contributed by atoms with van der Waals surface area (Å²) in [5.41, 5.74) is 3.54. The number of hydrogen-bond donors (Lipinski definition) is 1. The number of nitrogens with one attached hydrogen (secondary N) is 1. The van der Waals surface area contributed by atoms with E-state index < -0.39 is 16.1 Å². The number of methoxy groups -OCH3 is 1. The largest absolute Gasteiger partial charge is 0.495 e. The lowest BCUT2D eigenvalue weighted by Gasteiger charge is -2.28. The van der Waals surface area contributed by atoms with Crippen LogP contribution in [0.1, 0.15) is 22.3 Å². The number of rotatable bonds is 11. The molecule has 4 rings (SSSR count). The van der Waals surface area contributed by atoms with Crippen molar-refractivity contribution in [3.63, 3.8) is 0 Å². The van der Waals surface area contributed by atoms with Gasteiger partial charge in [0.1, 0.15) is 16.7 Å². The molecule has 0 radical (unpaired) electrons. The molecule has 4 aromatic carbocycles. The van der Waals surface area contributed by atoms with Gasteiger partial charge in [-0.2, -0.15) is 4.72 Å². The first-order valence-corrected chi connectivity index (χ1v) is 13.9. The molecular formula is C31H32N2O4S. The van der Waals surface area contributed by atoms with Crippen molar-refractivity contribution in [1.29, 1.82) is 0 Å². The summed E-state index contributed by atoms with van der Waals surface area (Å²) < 4.78 is 35.3. The summed E-state index contributed by atoms with van der Waals surface area (Å²) in [6.45, 7) is 2.50. The Bertz CT molecular complexity index is 1400. The summed E-state index contributed by atoms with van der Waals surface area (Å²) in [5.74, 6) is -0.0869. The number of benzene rings is 4. The van der Waals surface area contributed by atoms with Crippen LogP contribution >= 0.6 is 0 Å². The molecule has 0 bridgehead atoms. The zero-order valence-electron chi connectivity index (χ0n) is 21.6. The fourth-order valence-corrected chi connectivity index (χ4v) is 5.76. The van der Waals surface area contributed by atoms with E-state index in [9.17, 15) is 13.2 Å². The van der Waals surface area contributed by atoms with Crippen molar-refractivity contribution in [1.82, 2.24) is 9.62 Å². The van der Waals surface area contributed by atoms with Crippen molar-refractivity contribution >= 4 is 15.9 Å². The monoisotopic (exact) mass is 528 g/mol. The second-order valence-corrected chi connectivity index (χ2v) is 10.9. The number of hydrogen-bond acceptors (Lipinski definition) is 4. The highest BCUT2D eigenvalue weighted by atomic mass is 32.2. The number of ether oxygens (including phenoxy) is 1. The third-order valence-corrected chi connectivity index (χ3v) is 7.72. The van der Waals surface area contributed by atoms with Gasteiger partial charge < -0.3 is 9.64 Å². The number of carbonyl (C=O) groups excluding carboxylic acids is 1. The summed E-state index contributed by atoms with van der Waals surface area (Å²) in [6, 6.07) is 32.7. The highest BCUT2D eigenvalue weighted by Gasteiger charge is 2.31. The first-order chi connectivity index (χ1) is 18.4. The quantitative estimate of drug-likeness (QED) is 0.293. The van der Waals surface area contributed by atoms with Gasteiger partial charge in [-0.15, -0.1) is 0 Å². The molecule has 1 unspecified atom stereocenters. The molecule has 0 aliphatic rings. The zero-order chi connectivity index (χ0) is 27.0. The minimum Gasteiger partial charge on any atom is -0.495 e. The van der Waals surface area contributed by atoms with Crippen LogP contribution in [0.2, 0.25) is 0 Å². The Morgan fingerprint density at radius 1 is 0.789 bits per heavy atom. The van der Waals surface area contributed by atoms with Gasteiger partial charge in [-0.3, -0.25) is 4.79 Å². The van der Waals surface area contributed by atoms with Crippen LogP contribution in [0, 0.1) is 6.92 Å². The van der Waals surface area contributed by atoms with E-state index in [0.717, 1.165) is 22.3 Å². The van der Waals surface area contributed by atoms with Gasteiger partial charge in [0.25, 0.3) is 0 Å². The lowest BCUT2D eigenvalue weighted by atomic mass is 10.0. The van der Waals surface area contributed by atoms with E-state index in [4.69, 9.17) is 4.74 Å².